The van der Waals surface area contributed by atoms with Crippen LogP contribution in [-0.2, 0) is 0 Å². The topological polar surface area (TPSA) is 16.1 Å². The van der Waals surface area contributed by atoms with Crippen LogP contribution in [0.2, 0.25) is 0 Å². The quantitative estimate of drug-likeness (QED) is 0.679. The van der Waals surface area contributed by atoms with Gasteiger partial charge in [0.05, 0.1) is 0 Å². The van der Waals surface area contributed by atoms with E-state index in [0.717, 1.165) is 31.6 Å². The van der Waals surface area contributed by atoms with Crippen molar-refractivity contribution in [2.75, 3.05) is 18.0 Å². The third-order valence-corrected chi connectivity index (χ3v) is 3.03. The first-order chi connectivity index (χ1) is 8.49. The smallest absolute Gasteiger partial charge is 0.214 e. The number of halogens is 1. The van der Waals surface area contributed by atoms with Gasteiger partial charge in [-0.25, -0.2) is 4.98 Å². The summed E-state index contributed by atoms with van der Waals surface area (Å²) in [5.41, 5.74) is 0.948. The molecule has 0 atom stereocenters. The SMILES string of the molecule is CC(C)CCN(CCC(C)C)c1ccnc(F)c1. The zero-order valence-corrected chi connectivity index (χ0v) is 12.0. The summed E-state index contributed by atoms with van der Waals surface area (Å²) in [6, 6.07) is 3.42. The van der Waals surface area contributed by atoms with Gasteiger partial charge in [-0.15, -0.1) is 0 Å². The van der Waals surface area contributed by atoms with Gasteiger partial charge >= 0.3 is 0 Å². The highest BCUT2D eigenvalue weighted by Crippen LogP contribution is 2.17. The van der Waals surface area contributed by atoms with Gasteiger partial charge in [0.15, 0.2) is 0 Å². The summed E-state index contributed by atoms with van der Waals surface area (Å²) < 4.78 is 13.2. The van der Waals surface area contributed by atoms with E-state index in [-0.39, 0.29) is 0 Å². The molecule has 0 saturated heterocycles. The maximum Gasteiger partial charge on any atom is 0.214 e. The van der Waals surface area contributed by atoms with Crippen molar-refractivity contribution in [2.24, 2.45) is 11.8 Å². The molecule has 0 aliphatic carbocycles. The average molecular weight is 252 g/mol. The molecule has 0 spiro atoms. The van der Waals surface area contributed by atoms with Crippen molar-refractivity contribution in [1.29, 1.82) is 0 Å². The van der Waals surface area contributed by atoms with Gasteiger partial charge in [0, 0.05) is 31.0 Å². The van der Waals surface area contributed by atoms with Crippen molar-refractivity contribution in [3.63, 3.8) is 0 Å². The molecule has 0 aliphatic rings. The van der Waals surface area contributed by atoms with E-state index in [1.54, 1.807) is 6.20 Å². The zero-order valence-electron chi connectivity index (χ0n) is 12.0. The highest BCUT2D eigenvalue weighted by molar-refractivity contribution is 5.44. The minimum Gasteiger partial charge on any atom is -0.371 e. The highest BCUT2D eigenvalue weighted by atomic mass is 19.1. The lowest BCUT2D eigenvalue weighted by Gasteiger charge is -2.26. The minimum absolute atomic E-state index is 0.397. The Hall–Kier alpha value is -1.12. The Morgan fingerprint density at radius 1 is 1.11 bits per heavy atom. The van der Waals surface area contributed by atoms with E-state index in [2.05, 4.69) is 37.6 Å². The lowest BCUT2D eigenvalue weighted by atomic mass is 10.1. The number of nitrogens with zero attached hydrogens (tertiary/aromatic N) is 2. The van der Waals surface area contributed by atoms with Gasteiger partial charge in [-0.05, 0) is 30.7 Å². The first kappa shape index (κ1) is 14.9. The van der Waals surface area contributed by atoms with Gasteiger partial charge in [-0.2, -0.15) is 4.39 Å². The molecule has 18 heavy (non-hydrogen) atoms. The predicted molar refractivity (Wildman–Crippen MR) is 75.3 cm³/mol. The predicted octanol–water partition coefficient (Wildman–Crippen LogP) is 4.12. The van der Waals surface area contributed by atoms with E-state index in [4.69, 9.17) is 0 Å². The Bertz CT molecular complexity index is 338. The van der Waals surface area contributed by atoms with E-state index in [0.29, 0.717) is 11.8 Å². The molecule has 0 N–H and O–H groups in total. The van der Waals surface area contributed by atoms with E-state index >= 15 is 0 Å². The summed E-state index contributed by atoms with van der Waals surface area (Å²) in [6.07, 6.45) is 3.80. The van der Waals surface area contributed by atoms with Gasteiger partial charge in [-0.3, -0.25) is 0 Å². The molecule has 0 saturated carbocycles. The molecule has 1 heterocycles. The maximum atomic E-state index is 13.2. The van der Waals surface area contributed by atoms with Crippen LogP contribution in [0, 0.1) is 17.8 Å². The van der Waals surface area contributed by atoms with Crippen molar-refractivity contribution in [3.8, 4) is 0 Å². The number of anilines is 1. The van der Waals surface area contributed by atoms with E-state index in [1.165, 1.54) is 6.07 Å². The number of hydrogen-bond acceptors (Lipinski definition) is 2. The number of aromatic nitrogens is 1. The first-order valence-electron chi connectivity index (χ1n) is 6.85. The van der Waals surface area contributed by atoms with Crippen LogP contribution in [0.5, 0.6) is 0 Å². The van der Waals surface area contributed by atoms with E-state index in [9.17, 15) is 4.39 Å². The Kier molecular flexibility index (Phi) is 6.10. The summed E-state index contributed by atoms with van der Waals surface area (Å²) >= 11 is 0. The summed E-state index contributed by atoms with van der Waals surface area (Å²) in [5, 5.41) is 0. The molecule has 102 valence electrons. The molecule has 0 aromatic carbocycles. The maximum absolute atomic E-state index is 13.2. The fourth-order valence-corrected chi connectivity index (χ4v) is 1.79. The van der Waals surface area contributed by atoms with Crippen molar-refractivity contribution >= 4 is 5.69 Å². The molecule has 2 nitrogen and oxygen atoms in total. The Balaban J connectivity index is 2.69. The van der Waals surface area contributed by atoms with Crippen LogP contribution in [0.15, 0.2) is 18.3 Å². The molecule has 1 aromatic heterocycles. The van der Waals surface area contributed by atoms with Crippen LogP contribution < -0.4 is 4.90 Å². The Morgan fingerprint density at radius 2 is 1.67 bits per heavy atom. The Labute approximate surface area is 110 Å². The number of rotatable bonds is 7. The molecular formula is C15H25FN2. The van der Waals surface area contributed by atoms with Crippen molar-refractivity contribution < 1.29 is 4.39 Å². The molecule has 0 amide bonds. The molecular weight excluding hydrogens is 227 g/mol. The Morgan fingerprint density at radius 3 is 2.11 bits per heavy atom. The highest BCUT2D eigenvalue weighted by Gasteiger charge is 2.09. The largest absolute Gasteiger partial charge is 0.371 e. The van der Waals surface area contributed by atoms with Crippen LogP contribution in [0.25, 0.3) is 0 Å². The van der Waals surface area contributed by atoms with Crippen molar-refractivity contribution in [3.05, 3.63) is 24.3 Å². The van der Waals surface area contributed by atoms with Gasteiger partial charge in [0.1, 0.15) is 0 Å². The number of pyridine rings is 1. The molecule has 0 bridgehead atoms. The average Bonchev–Trinajstić information content (AvgIpc) is 2.28. The second-order valence-corrected chi connectivity index (χ2v) is 5.69. The minimum atomic E-state index is -0.397. The number of hydrogen-bond donors (Lipinski definition) is 0. The first-order valence-corrected chi connectivity index (χ1v) is 6.85. The summed E-state index contributed by atoms with van der Waals surface area (Å²) in [5.74, 6) is 0.933. The van der Waals surface area contributed by atoms with Crippen molar-refractivity contribution in [2.45, 2.75) is 40.5 Å². The van der Waals surface area contributed by atoms with Crippen LogP contribution in [0.4, 0.5) is 10.1 Å². The van der Waals surface area contributed by atoms with Gasteiger partial charge in [0.2, 0.25) is 5.95 Å². The lowest BCUT2D eigenvalue weighted by molar-refractivity contribution is 0.532. The van der Waals surface area contributed by atoms with E-state index in [1.807, 2.05) is 6.07 Å². The lowest BCUT2D eigenvalue weighted by Crippen LogP contribution is -2.27. The van der Waals surface area contributed by atoms with Gasteiger partial charge < -0.3 is 4.90 Å². The zero-order chi connectivity index (χ0) is 13.5. The van der Waals surface area contributed by atoms with Crippen molar-refractivity contribution in [1.82, 2.24) is 4.98 Å². The third-order valence-electron chi connectivity index (χ3n) is 3.03. The van der Waals surface area contributed by atoms with E-state index < -0.39 is 5.95 Å². The summed E-state index contributed by atoms with van der Waals surface area (Å²) in [7, 11) is 0. The summed E-state index contributed by atoms with van der Waals surface area (Å²) in [4.78, 5) is 5.89. The fraction of sp³-hybridized carbons (Fsp3) is 0.667. The molecule has 3 heteroatoms. The standard InChI is InChI=1S/C15H25FN2/c1-12(2)6-9-18(10-7-13(3)4)14-5-8-17-15(16)11-14/h5,8,11-13H,6-7,9-10H2,1-4H3. The summed E-state index contributed by atoms with van der Waals surface area (Å²) in [6.45, 7) is 10.8. The second kappa shape index (κ2) is 7.34. The fourth-order valence-electron chi connectivity index (χ4n) is 1.79. The molecule has 0 aliphatic heterocycles. The van der Waals surface area contributed by atoms with Crippen LogP contribution in [0.3, 0.4) is 0 Å². The second-order valence-electron chi connectivity index (χ2n) is 5.69. The normalized spacial score (nSPS) is 11.3. The van der Waals surface area contributed by atoms with Crippen LogP contribution >= 0.6 is 0 Å². The van der Waals surface area contributed by atoms with Crippen LogP contribution in [-0.4, -0.2) is 18.1 Å². The van der Waals surface area contributed by atoms with Crippen LogP contribution in [0.1, 0.15) is 40.5 Å². The molecule has 1 rings (SSSR count). The molecule has 1 aromatic rings. The molecule has 0 fully saturated rings. The third kappa shape index (κ3) is 5.48. The molecule has 0 radical (unpaired) electrons. The molecule has 0 unspecified atom stereocenters. The van der Waals surface area contributed by atoms with Gasteiger partial charge in [-0.1, -0.05) is 27.7 Å². The monoisotopic (exact) mass is 252 g/mol. The van der Waals surface area contributed by atoms with Gasteiger partial charge in [0.25, 0.3) is 0 Å².